The Hall–Kier alpha value is -1.89. The Kier molecular flexibility index (Phi) is 2.27. The standard InChI is InChI=1S/C20H20N/c1-13-6-7-20-19-10-18-15(9-16(19)12-21(20)11-13)8-14-4-2-3-5-17(14)18/h2-5,7,9-11,13-14,17H,6,8,12H2,1H3/q+1. The summed E-state index contributed by atoms with van der Waals surface area (Å²) < 4.78 is 2.46. The summed E-state index contributed by atoms with van der Waals surface area (Å²) in [5, 5.41) is 0. The molecule has 0 aromatic heterocycles. The molecule has 3 atom stereocenters. The summed E-state index contributed by atoms with van der Waals surface area (Å²) in [6.07, 6.45) is 16.4. The second-order valence-corrected chi connectivity index (χ2v) is 6.95. The third kappa shape index (κ3) is 1.61. The van der Waals surface area contributed by atoms with Crippen LogP contribution in [0.1, 0.15) is 41.5 Å². The quantitative estimate of drug-likeness (QED) is 0.628. The van der Waals surface area contributed by atoms with Crippen molar-refractivity contribution in [2.45, 2.75) is 32.2 Å². The lowest BCUT2D eigenvalue weighted by atomic mass is 9.88. The number of nitrogens with zero attached hydrogens (tertiary/aromatic N) is 1. The Morgan fingerprint density at radius 1 is 1.10 bits per heavy atom. The van der Waals surface area contributed by atoms with Gasteiger partial charge in [-0.1, -0.05) is 31.2 Å². The summed E-state index contributed by atoms with van der Waals surface area (Å²) in [6, 6.07) is 4.98. The van der Waals surface area contributed by atoms with Gasteiger partial charge < -0.3 is 0 Å². The van der Waals surface area contributed by atoms with Crippen LogP contribution in [0.4, 0.5) is 0 Å². The molecule has 5 rings (SSSR count). The SMILES string of the molecule is CC1C=[N+]2Cc3cc4c(cc3C2=CC1)C1C=CC=CC1C4. The molecule has 2 aliphatic carbocycles. The maximum Gasteiger partial charge on any atom is 0.209 e. The monoisotopic (exact) mass is 274 g/mol. The maximum absolute atomic E-state index is 2.49. The molecular weight excluding hydrogens is 254 g/mol. The molecule has 104 valence electrons. The zero-order valence-corrected chi connectivity index (χ0v) is 12.4. The van der Waals surface area contributed by atoms with E-state index in [0.717, 1.165) is 6.54 Å². The van der Waals surface area contributed by atoms with Gasteiger partial charge in [-0.25, -0.2) is 0 Å². The first-order valence-electron chi connectivity index (χ1n) is 8.12. The minimum atomic E-state index is 0.608. The predicted molar refractivity (Wildman–Crippen MR) is 86.4 cm³/mol. The highest BCUT2D eigenvalue weighted by Gasteiger charge is 2.36. The lowest BCUT2D eigenvalue weighted by Crippen LogP contribution is -2.13. The van der Waals surface area contributed by atoms with Gasteiger partial charge in [0, 0.05) is 17.4 Å². The summed E-state index contributed by atoms with van der Waals surface area (Å²) in [5.41, 5.74) is 7.61. The number of rotatable bonds is 0. The number of benzene rings is 1. The third-order valence-corrected chi connectivity index (χ3v) is 5.47. The Morgan fingerprint density at radius 2 is 2.00 bits per heavy atom. The van der Waals surface area contributed by atoms with E-state index in [2.05, 4.69) is 60.2 Å². The number of hydrogen-bond donors (Lipinski definition) is 0. The van der Waals surface area contributed by atoms with Gasteiger partial charge in [0.1, 0.15) is 6.21 Å². The van der Waals surface area contributed by atoms with Crippen molar-refractivity contribution in [2.75, 3.05) is 0 Å². The second-order valence-electron chi connectivity index (χ2n) is 6.95. The smallest absolute Gasteiger partial charge is 0.198 e. The first kappa shape index (κ1) is 11.7. The second kappa shape index (κ2) is 4.07. The third-order valence-electron chi connectivity index (χ3n) is 5.47. The van der Waals surface area contributed by atoms with E-state index in [1.54, 1.807) is 11.1 Å². The van der Waals surface area contributed by atoms with E-state index in [1.807, 2.05) is 0 Å². The van der Waals surface area contributed by atoms with Crippen molar-refractivity contribution in [1.29, 1.82) is 0 Å². The van der Waals surface area contributed by atoms with Crippen LogP contribution in [-0.4, -0.2) is 10.8 Å². The Bertz CT molecular complexity index is 760. The Labute approximate surface area is 126 Å². The molecule has 21 heavy (non-hydrogen) atoms. The zero-order chi connectivity index (χ0) is 14.0. The van der Waals surface area contributed by atoms with Gasteiger partial charge in [-0.2, -0.15) is 4.58 Å². The predicted octanol–water partition coefficient (Wildman–Crippen LogP) is 4.05. The van der Waals surface area contributed by atoms with Crippen LogP contribution < -0.4 is 0 Å². The summed E-state index contributed by atoms with van der Waals surface area (Å²) in [7, 11) is 0. The van der Waals surface area contributed by atoms with Crippen LogP contribution in [0, 0.1) is 11.8 Å². The number of hydrogen-bond acceptors (Lipinski definition) is 0. The maximum atomic E-state index is 2.49. The van der Waals surface area contributed by atoms with Crippen LogP contribution in [0.25, 0.3) is 5.70 Å². The molecule has 3 unspecified atom stereocenters. The molecule has 1 nitrogen and oxygen atoms in total. The normalized spacial score (nSPS) is 31.2. The van der Waals surface area contributed by atoms with E-state index in [9.17, 15) is 0 Å². The van der Waals surface area contributed by atoms with Crippen molar-refractivity contribution in [3.8, 4) is 0 Å². The molecule has 0 fully saturated rings. The molecule has 4 aliphatic rings. The minimum Gasteiger partial charge on any atom is -0.198 e. The van der Waals surface area contributed by atoms with Crippen molar-refractivity contribution < 1.29 is 4.58 Å². The summed E-state index contributed by atoms with van der Waals surface area (Å²) in [6.45, 7) is 3.37. The fourth-order valence-corrected chi connectivity index (χ4v) is 4.45. The van der Waals surface area contributed by atoms with Gasteiger partial charge in [-0.05, 0) is 48.1 Å². The average molecular weight is 274 g/mol. The molecule has 0 spiro atoms. The van der Waals surface area contributed by atoms with Crippen molar-refractivity contribution in [1.82, 2.24) is 0 Å². The molecule has 0 saturated heterocycles. The number of allylic oxidation sites excluding steroid dienone is 5. The highest BCUT2D eigenvalue weighted by Crippen LogP contribution is 2.45. The molecule has 0 radical (unpaired) electrons. The summed E-state index contributed by atoms with van der Waals surface area (Å²) >= 11 is 0. The van der Waals surface area contributed by atoms with Gasteiger partial charge in [-0.15, -0.1) is 0 Å². The van der Waals surface area contributed by atoms with E-state index >= 15 is 0 Å². The first-order chi connectivity index (χ1) is 10.3. The van der Waals surface area contributed by atoms with E-state index in [1.165, 1.54) is 29.7 Å². The van der Waals surface area contributed by atoms with Gasteiger partial charge in [0.2, 0.25) is 5.70 Å². The molecule has 1 aromatic rings. The van der Waals surface area contributed by atoms with Crippen LogP contribution in [0.15, 0.2) is 42.5 Å². The van der Waals surface area contributed by atoms with Crippen LogP contribution in [-0.2, 0) is 13.0 Å². The molecule has 0 bridgehead atoms. The zero-order valence-electron chi connectivity index (χ0n) is 12.4. The van der Waals surface area contributed by atoms with E-state index in [-0.39, 0.29) is 0 Å². The van der Waals surface area contributed by atoms with Gasteiger partial charge in [-0.3, -0.25) is 0 Å². The topological polar surface area (TPSA) is 3.01 Å². The van der Waals surface area contributed by atoms with Crippen molar-refractivity contribution in [3.63, 3.8) is 0 Å². The van der Waals surface area contributed by atoms with Crippen molar-refractivity contribution in [2.24, 2.45) is 11.8 Å². The first-order valence-corrected chi connectivity index (χ1v) is 8.12. The molecule has 2 heterocycles. The van der Waals surface area contributed by atoms with Crippen LogP contribution in [0.5, 0.6) is 0 Å². The van der Waals surface area contributed by atoms with E-state index in [0.29, 0.717) is 17.8 Å². The lowest BCUT2D eigenvalue weighted by Gasteiger charge is -2.16. The summed E-state index contributed by atoms with van der Waals surface area (Å²) in [5.74, 6) is 1.97. The highest BCUT2D eigenvalue weighted by atomic mass is 15.0. The number of fused-ring (bicyclic) bond motifs is 6. The largest absolute Gasteiger partial charge is 0.209 e. The highest BCUT2D eigenvalue weighted by molar-refractivity contribution is 5.73. The van der Waals surface area contributed by atoms with Crippen LogP contribution in [0.2, 0.25) is 0 Å². The van der Waals surface area contributed by atoms with Gasteiger partial charge in [0.15, 0.2) is 6.54 Å². The molecule has 0 N–H and O–H groups in total. The van der Waals surface area contributed by atoms with Crippen molar-refractivity contribution >= 4 is 11.9 Å². The molecule has 1 aromatic carbocycles. The molecule has 0 amide bonds. The Balaban J connectivity index is 1.64. The van der Waals surface area contributed by atoms with Gasteiger partial charge in [0.05, 0.1) is 5.56 Å². The molecule has 1 heteroatoms. The van der Waals surface area contributed by atoms with Gasteiger partial charge >= 0.3 is 0 Å². The molecule has 2 aliphatic heterocycles. The van der Waals surface area contributed by atoms with Crippen LogP contribution in [0.3, 0.4) is 0 Å². The molecule has 0 saturated carbocycles. The lowest BCUT2D eigenvalue weighted by molar-refractivity contribution is -0.440. The van der Waals surface area contributed by atoms with E-state index < -0.39 is 0 Å². The Morgan fingerprint density at radius 3 is 2.95 bits per heavy atom. The van der Waals surface area contributed by atoms with Crippen molar-refractivity contribution in [3.05, 3.63) is 64.8 Å². The van der Waals surface area contributed by atoms with Crippen LogP contribution >= 0.6 is 0 Å². The van der Waals surface area contributed by atoms with Gasteiger partial charge in [0.25, 0.3) is 0 Å². The fraction of sp³-hybridized carbons (Fsp3) is 0.350. The average Bonchev–Trinajstić information content (AvgIpc) is 3.01. The fourth-order valence-electron chi connectivity index (χ4n) is 4.45. The van der Waals surface area contributed by atoms with E-state index in [4.69, 9.17) is 0 Å². The minimum absolute atomic E-state index is 0.608. The summed E-state index contributed by atoms with van der Waals surface area (Å²) in [4.78, 5) is 0. The molecular formula is C20H20N+.